The Labute approximate surface area is 186 Å². The maximum absolute atomic E-state index is 13.2. The predicted molar refractivity (Wildman–Crippen MR) is 121 cm³/mol. The van der Waals surface area contributed by atoms with E-state index in [0.29, 0.717) is 31.3 Å². The Hall–Kier alpha value is -3.80. The molecule has 1 N–H and O–H groups in total. The molecule has 2 aliphatic rings. The fourth-order valence-electron chi connectivity index (χ4n) is 4.24. The van der Waals surface area contributed by atoms with Crippen molar-refractivity contribution in [3.8, 4) is 11.5 Å². The molecule has 0 saturated carbocycles. The van der Waals surface area contributed by atoms with Crippen LogP contribution in [-0.2, 0) is 9.59 Å². The number of nitrogens with zero attached hydrogens (tertiary/aromatic N) is 1. The molecule has 0 spiro atoms. The number of fused-ring (bicyclic) bond motifs is 1. The lowest BCUT2D eigenvalue weighted by Crippen LogP contribution is -2.36. The van der Waals surface area contributed by atoms with Crippen LogP contribution in [0.2, 0.25) is 0 Å². The summed E-state index contributed by atoms with van der Waals surface area (Å²) in [6.07, 6.45) is 0.177. The molecule has 0 radical (unpaired) electrons. The third-order valence-corrected chi connectivity index (χ3v) is 5.89. The Kier molecular flexibility index (Phi) is 5.50. The number of carbonyl (C=O) groups excluding carboxylic acids is 2. The summed E-state index contributed by atoms with van der Waals surface area (Å²) in [6, 6.07) is 24.9. The highest BCUT2D eigenvalue weighted by atomic mass is 16.6. The average Bonchev–Trinajstić information content (AvgIpc) is 3.25. The number of nitrogens with one attached hydrogen (secondary N) is 1. The second kappa shape index (κ2) is 8.75. The van der Waals surface area contributed by atoms with Crippen LogP contribution in [0.25, 0.3) is 0 Å². The fourth-order valence-corrected chi connectivity index (χ4v) is 4.24. The molecular weight excluding hydrogens is 404 g/mol. The number of ether oxygens (including phenoxy) is 2. The molecular formula is C26H24N2O4. The number of hydrogen-bond donors (Lipinski definition) is 1. The van der Waals surface area contributed by atoms with Crippen LogP contribution in [0.15, 0.2) is 78.9 Å². The number of benzene rings is 3. The zero-order valence-corrected chi connectivity index (χ0v) is 17.6. The molecule has 2 heterocycles. The zero-order valence-electron chi connectivity index (χ0n) is 17.6. The number of amides is 2. The van der Waals surface area contributed by atoms with Gasteiger partial charge in [-0.15, -0.1) is 0 Å². The molecule has 3 aromatic carbocycles. The summed E-state index contributed by atoms with van der Waals surface area (Å²) in [7, 11) is 0. The quantitative estimate of drug-likeness (QED) is 0.673. The highest BCUT2D eigenvalue weighted by Crippen LogP contribution is 2.36. The Morgan fingerprint density at radius 1 is 0.875 bits per heavy atom. The van der Waals surface area contributed by atoms with Crippen LogP contribution in [-0.4, -0.2) is 31.6 Å². The van der Waals surface area contributed by atoms with Gasteiger partial charge in [0.15, 0.2) is 11.5 Å². The molecule has 2 amide bonds. The maximum Gasteiger partial charge on any atom is 0.227 e. The predicted octanol–water partition coefficient (Wildman–Crippen LogP) is 3.72. The van der Waals surface area contributed by atoms with Gasteiger partial charge >= 0.3 is 0 Å². The number of carbonyl (C=O) groups is 2. The van der Waals surface area contributed by atoms with Crippen LogP contribution < -0.4 is 19.7 Å². The lowest BCUT2D eigenvalue weighted by molar-refractivity contribution is -0.126. The summed E-state index contributed by atoms with van der Waals surface area (Å²) in [5.41, 5.74) is 2.72. The van der Waals surface area contributed by atoms with Crippen LogP contribution in [0.3, 0.4) is 0 Å². The van der Waals surface area contributed by atoms with Crippen molar-refractivity contribution < 1.29 is 19.1 Å². The van der Waals surface area contributed by atoms with E-state index in [9.17, 15) is 9.59 Å². The Balaban J connectivity index is 1.34. The Morgan fingerprint density at radius 3 is 2.16 bits per heavy atom. The molecule has 1 saturated heterocycles. The summed E-state index contributed by atoms with van der Waals surface area (Å²) in [5.74, 6) is 0.677. The van der Waals surface area contributed by atoms with E-state index in [1.54, 1.807) is 4.90 Å². The van der Waals surface area contributed by atoms with Gasteiger partial charge in [0.2, 0.25) is 11.8 Å². The van der Waals surface area contributed by atoms with Gasteiger partial charge < -0.3 is 19.7 Å². The summed E-state index contributed by atoms with van der Waals surface area (Å²) >= 11 is 0. The van der Waals surface area contributed by atoms with E-state index in [2.05, 4.69) is 5.32 Å². The van der Waals surface area contributed by atoms with Crippen molar-refractivity contribution in [2.45, 2.75) is 12.5 Å². The monoisotopic (exact) mass is 428 g/mol. The van der Waals surface area contributed by atoms with Crippen molar-refractivity contribution in [2.24, 2.45) is 5.92 Å². The number of hydrogen-bond acceptors (Lipinski definition) is 4. The molecule has 6 nitrogen and oxygen atoms in total. The fraction of sp³-hybridized carbons (Fsp3) is 0.231. The first-order valence-electron chi connectivity index (χ1n) is 10.8. The normalized spacial score (nSPS) is 17.5. The van der Waals surface area contributed by atoms with Crippen molar-refractivity contribution in [1.82, 2.24) is 5.32 Å². The van der Waals surface area contributed by atoms with Crippen molar-refractivity contribution in [3.05, 3.63) is 90.0 Å². The number of anilines is 1. The first-order valence-corrected chi connectivity index (χ1v) is 10.8. The van der Waals surface area contributed by atoms with Gasteiger partial charge in [-0.3, -0.25) is 9.59 Å². The topological polar surface area (TPSA) is 67.9 Å². The highest BCUT2D eigenvalue weighted by molar-refractivity contribution is 6.00. The van der Waals surface area contributed by atoms with E-state index in [1.165, 1.54) is 0 Å². The molecule has 1 fully saturated rings. The SMILES string of the molecule is O=C(NC(c1ccccc1)c1ccccc1)[C@@H]1CC(=O)N(c2ccc3c(c2)OCCO3)C1. The maximum atomic E-state index is 13.2. The highest BCUT2D eigenvalue weighted by Gasteiger charge is 2.36. The van der Waals surface area contributed by atoms with E-state index in [1.807, 2.05) is 78.9 Å². The van der Waals surface area contributed by atoms with Gasteiger partial charge in [0.1, 0.15) is 13.2 Å². The van der Waals surface area contributed by atoms with Gasteiger partial charge in [0, 0.05) is 24.7 Å². The van der Waals surface area contributed by atoms with Gasteiger partial charge in [0.05, 0.1) is 12.0 Å². The van der Waals surface area contributed by atoms with Crippen molar-refractivity contribution in [2.75, 3.05) is 24.7 Å². The van der Waals surface area contributed by atoms with E-state index < -0.39 is 5.92 Å². The van der Waals surface area contributed by atoms with Gasteiger partial charge in [0.25, 0.3) is 0 Å². The minimum atomic E-state index is -0.425. The minimum absolute atomic E-state index is 0.0715. The van der Waals surface area contributed by atoms with Crippen LogP contribution in [0.4, 0.5) is 5.69 Å². The van der Waals surface area contributed by atoms with Gasteiger partial charge in [-0.2, -0.15) is 0 Å². The number of rotatable bonds is 5. The van der Waals surface area contributed by atoms with Crippen molar-refractivity contribution in [3.63, 3.8) is 0 Å². The molecule has 0 aliphatic carbocycles. The molecule has 5 rings (SSSR count). The largest absolute Gasteiger partial charge is 0.486 e. The molecule has 1 atom stereocenters. The molecule has 32 heavy (non-hydrogen) atoms. The first kappa shape index (κ1) is 20.1. The van der Waals surface area contributed by atoms with E-state index in [-0.39, 0.29) is 24.3 Å². The molecule has 0 aromatic heterocycles. The van der Waals surface area contributed by atoms with E-state index in [4.69, 9.17) is 9.47 Å². The summed E-state index contributed by atoms with van der Waals surface area (Å²) in [5, 5.41) is 3.17. The third-order valence-electron chi connectivity index (χ3n) is 5.89. The van der Waals surface area contributed by atoms with Crippen molar-refractivity contribution >= 4 is 17.5 Å². The lowest BCUT2D eigenvalue weighted by atomic mass is 9.97. The summed E-state index contributed by atoms with van der Waals surface area (Å²) in [4.78, 5) is 27.6. The lowest BCUT2D eigenvalue weighted by Gasteiger charge is -2.23. The standard InChI is InChI=1S/C26H24N2O4/c29-24-15-20(17-28(24)21-11-12-22-23(16-21)32-14-13-31-22)26(30)27-25(18-7-3-1-4-8-18)19-9-5-2-6-10-19/h1-12,16,20,25H,13-15,17H2,(H,27,30)/t20-/m1/s1. The van der Waals surface area contributed by atoms with Crippen LogP contribution in [0, 0.1) is 5.92 Å². The van der Waals surface area contributed by atoms with Gasteiger partial charge in [-0.05, 0) is 23.3 Å². The first-order chi connectivity index (χ1) is 15.7. The van der Waals surface area contributed by atoms with E-state index >= 15 is 0 Å². The molecule has 162 valence electrons. The second-order valence-electron chi connectivity index (χ2n) is 8.00. The third kappa shape index (κ3) is 4.04. The van der Waals surface area contributed by atoms with Crippen LogP contribution >= 0.6 is 0 Å². The smallest absolute Gasteiger partial charge is 0.227 e. The van der Waals surface area contributed by atoms with Gasteiger partial charge in [-0.1, -0.05) is 60.7 Å². The molecule has 0 unspecified atom stereocenters. The van der Waals surface area contributed by atoms with Gasteiger partial charge in [-0.25, -0.2) is 0 Å². The van der Waals surface area contributed by atoms with Crippen LogP contribution in [0.1, 0.15) is 23.6 Å². The Bertz CT molecular complexity index is 1080. The minimum Gasteiger partial charge on any atom is -0.486 e. The molecule has 3 aromatic rings. The second-order valence-corrected chi connectivity index (χ2v) is 8.00. The average molecular weight is 428 g/mol. The van der Waals surface area contributed by atoms with E-state index in [0.717, 1.165) is 16.8 Å². The molecule has 0 bridgehead atoms. The van der Waals surface area contributed by atoms with Crippen LogP contribution in [0.5, 0.6) is 11.5 Å². The molecule has 6 heteroatoms. The zero-order chi connectivity index (χ0) is 21.9. The Morgan fingerprint density at radius 2 is 1.50 bits per heavy atom. The summed E-state index contributed by atoms with van der Waals surface area (Å²) < 4.78 is 11.2. The van der Waals surface area contributed by atoms with Crippen molar-refractivity contribution in [1.29, 1.82) is 0 Å². The molecule has 2 aliphatic heterocycles. The summed E-state index contributed by atoms with van der Waals surface area (Å²) in [6.45, 7) is 1.33.